The van der Waals surface area contributed by atoms with Crippen molar-refractivity contribution >= 4 is 29.9 Å². The molecule has 0 fully saturated rings. The first kappa shape index (κ1) is 28.8. The van der Waals surface area contributed by atoms with Gasteiger partial charge in [0.2, 0.25) is 0 Å². The van der Waals surface area contributed by atoms with Gasteiger partial charge in [-0.1, -0.05) is 18.2 Å². The van der Waals surface area contributed by atoms with E-state index in [4.69, 9.17) is 29.0 Å². The van der Waals surface area contributed by atoms with Gasteiger partial charge in [0.15, 0.2) is 17.5 Å². The number of rotatable bonds is 14. The molecule has 0 heterocycles. The normalized spacial score (nSPS) is 10.8. The van der Waals surface area contributed by atoms with Crippen molar-refractivity contribution < 1.29 is 24.1 Å². The summed E-state index contributed by atoms with van der Waals surface area (Å²) in [6.07, 6.45) is 0.891. The van der Waals surface area contributed by atoms with Crippen LogP contribution in [0.15, 0.2) is 47.5 Å². The van der Waals surface area contributed by atoms with Gasteiger partial charge in [-0.05, 0) is 48.7 Å². The van der Waals surface area contributed by atoms with Gasteiger partial charge in [-0.15, -0.1) is 24.0 Å². The third kappa shape index (κ3) is 11.0. The van der Waals surface area contributed by atoms with Crippen LogP contribution in [0, 0.1) is 0 Å². The minimum Gasteiger partial charge on any atom is -0.497 e. The van der Waals surface area contributed by atoms with Crippen molar-refractivity contribution in [2.75, 3.05) is 47.2 Å². The summed E-state index contributed by atoms with van der Waals surface area (Å²) >= 11 is 0. The molecule has 2 rings (SSSR count). The summed E-state index contributed by atoms with van der Waals surface area (Å²) < 4.78 is 21.5. The molecule has 0 spiro atoms. The van der Waals surface area contributed by atoms with Crippen molar-refractivity contribution in [3.63, 3.8) is 0 Å². The maximum atomic E-state index is 8.96. The van der Waals surface area contributed by atoms with E-state index in [1.807, 2.05) is 49.4 Å². The number of hydrogen-bond donors (Lipinski definition) is 3. The Hall–Kier alpha value is -2.24. The molecule has 0 aliphatic carbocycles. The number of aliphatic hydroxyl groups is 1. The quantitative estimate of drug-likeness (QED) is 0.138. The Labute approximate surface area is 213 Å². The average Bonchev–Trinajstić information content (AvgIpc) is 2.84. The number of nitrogens with one attached hydrogen (secondary N) is 2. The van der Waals surface area contributed by atoms with Gasteiger partial charge < -0.3 is 34.7 Å². The van der Waals surface area contributed by atoms with E-state index in [1.54, 1.807) is 14.2 Å². The van der Waals surface area contributed by atoms with E-state index in [0.29, 0.717) is 31.2 Å². The van der Waals surface area contributed by atoms with Crippen LogP contribution in [-0.4, -0.2) is 58.3 Å². The van der Waals surface area contributed by atoms with Gasteiger partial charge in [0.25, 0.3) is 0 Å². The number of methoxy groups -OCH3 is 2. The van der Waals surface area contributed by atoms with Crippen LogP contribution in [0.1, 0.15) is 24.5 Å². The molecule has 0 unspecified atom stereocenters. The topological polar surface area (TPSA) is 93.6 Å². The number of guanidine groups is 1. The van der Waals surface area contributed by atoms with Crippen molar-refractivity contribution in [1.29, 1.82) is 0 Å². The number of benzene rings is 2. The predicted octanol–water partition coefficient (Wildman–Crippen LogP) is 3.35. The highest BCUT2D eigenvalue weighted by Gasteiger charge is 2.06. The zero-order chi connectivity index (χ0) is 23.0. The van der Waals surface area contributed by atoms with Crippen LogP contribution in [0.25, 0.3) is 0 Å². The van der Waals surface area contributed by atoms with Gasteiger partial charge in [-0.3, -0.25) is 0 Å². The fourth-order valence-electron chi connectivity index (χ4n) is 2.88. The second kappa shape index (κ2) is 17.3. The largest absolute Gasteiger partial charge is 0.497 e. The monoisotopic (exact) mass is 573 g/mol. The summed E-state index contributed by atoms with van der Waals surface area (Å²) in [5.74, 6) is 2.76. The molecule has 3 N–H and O–H groups in total. The van der Waals surface area contributed by atoms with E-state index in [9.17, 15) is 0 Å². The lowest BCUT2D eigenvalue weighted by Gasteiger charge is -2.14. The molecule has 0 aliphatic rings. The van der Waals surface area contributed by atoms with Crippen LogP contribution in [0.2, 0.25) is 0 Å². The smallest absolute Gasteiger partial charge is 0.191 e. The second-order valence-corrected chi connectivity index (χ2v) is 6.90. The van der Waals surface area contributed by atoms with Crippen molar-refractivity contribution in [3.05, 3.63) is 53.6 Å². The summed E-state index contributed by atoms with van der Waals surface area (Å²) in [6.45, 7) is 5.46. The van der Waals surface area contributed by atoms with E-state index in [2.05, 4.69) is 10.6 Å². The molecule has 0 aliphatic heterocycles. The Balaban J connectivity index is 0.00000544. The highest BCUT2D eigenvalue weighted by Crippen LogP contribution is 2.28. The number of aliphatic imine (C=N–C) groups is 1. The van der Waals surface area contributed by atoms with Crippen LogP contribution < -0.4 is 24.8 Å². The molecule has 0 aromatic heterocycles. The van der Waals surface area contributed by atoms with Crippen molar-refractivity contribution in [3.8, 4) is 17.2 Å². The maximum Gasteiger partial charge on any atom is 0.191 e. The van der Waals surface area contributed by atoms with Gasteiger partial charge in [0.1, 0.15) is 12.4 Å². The zero-order valence-electron chi connectivity index (χ0n) is 19.6. The molecule has 0 saturated heterocycles. The molecule has 2 aromatic rings. The predicted molar refractivity (Wildman–Crippen MR) is 141 cm³/mol. The third-order valence-electron chi connectivity index (χ3n) is 4.58. The standard InChI is InChI=1S/C24H35N3O5.HI/c1-4-31-14-5-12-25-24(26-17-19-6-9-21(29-2)10-7-19)27-18-20-8-11-22(32-15-13-28)23(16-20)30-3;/h6-11,16,28H,4-5,12-15,17-18H2,1-3H3,(H2,25,26,27);1H. The third-order valence-corrected chi connectivity index (χ3v) is 4.58. The van der Waals surface area contributed by atoms with E-state index in [1.165, 1.54) is 0 Å². The summed E-state index contributed by atoms with van der Waals surface area (Å²) in [4.78, 5) is 4.72. The number of halogens is 1. The molecule has 9 heteroatoms. The molecule has 33 heavy (non-hydrogen) atoms. The fraction of sp³-hybridized carbons (Fsp3) is 0.458. The van der Waals surface area contributed by atoms with E-state index >= 15 is 0 Å². The van der Waals surface area contributed by atoms with Crippen molar-refractivity contribution in [2.45, 2.75) is 26.4 Å². The lowest BCUT2D eigenvalue weighted by atomic mass is 10.2. The van der Waals surface area contributed by atoms with Crippen LogP contribution in [0.5, 0.6) is 17.2 Å². The molecular weight excluding hydrogens is 537 g/mol. The van der Waals surface area contributed by atoms with E-state index < -0.39 is 0 Å². The second-order valence-electron chi connectivity index (χ2n) is 6.90. The van der Waals surface area contributed by atoms with Crippen molar-refractivity contribution in [2.24, 2.45) is 4.99 Å². The summed E-state index contributed by atoms with van der Waals surface area (Å²) in [5, 5.41) is 15.7. The average molecular weight is 573 g/mol. The first-order chi connectivity index (χ1) is 15.7. The molecule has 0 radical (unpaired) electrons. The minimum absolute atomic E-state index is 0. The SMILES string of the molecule is CCOCCCNC(=NCc1ccc(OCCO)c(OC)c1)NCc1ccc(OC)cc1.I. The Morgan fingerprint density at radius 3 is 2.36 bits per heavy atom. The first-order valence-corrected chi connectivity index (χ1v) is 10.8. The summed E-state index contributed by atoms with van der Waals surface area (Å²) in [5.41, 5.74) is 2.11. The van der Waals surface area contributed by atoms with Crippen LogP contribution in [0.3, 0.4) is 0 Å². The number of ether oxygens (including phenoxy) is 4. The molecule has 0 atom stereocenters. The van der Waals surface area contributed by atoms with Gasteiger partial charge >= 0.3 is 0 Å². The van der Waals surface area contributed by atoms with Gasteiger partial charge in [0.05, 0.1) is 27.4 Å². The summed E-state index contributed by atoms with van der Waals surface area (Å²) in [7, 11) is 3.25. The molecular formula is C24H36IN3O5. The van der Waals surface area contributed by atoms with Crippen LogP contribution >= 0.6 is 24.0 Å². The number of hydrogen-bond acceptors (Lipinski definition) is 6. The molecule has 2 aromatic carbocycles. The first-order valence-electron chi connectivity index (χ1n) is 10.8. The van der Waals surface area contributed by atoms with Gasteiger partial charge in [-0.2, -0.15) is 0 Å². The summed E-state index contributed by atoms with van der Waals surface area (Å²) in [6, 6.07) is 13.6. The lowest BCUT2D eigenvalue weighted by molar-refractivity contribution is 0.145. The Morgan fingerprint density at radius 2 is 1.70 bits per heavy atom. The van der Waals surface area contributed by atoms with Crippen LogP contribution in [-0.2, 0) is 17.8 Å². The highest BCUT2D eigenvalue weighted by atomic mass is 127. The number of aliphatic hydroxyl groups excluding tert-OH is 1. The van der Waals surface area contributed by atoms with E-state index in [-0.39, 0.29) is 37.2 Å². The van der Waals surface area contributed by atoms with Gasteiger partial charge in [-0.25, -0.2) is 4.99 Å². The molecule has 184 valence electrons. The molecule has 0 bridgehead atoms. The number of nitrogens with zero attached hydrogens (tertiary/aromatic N) is 1. The maximum absolute atomic E-state index is 8.96. The Morgan fingerprint density at radius 1 is 0.939 bits per heavy atom. The molecule has 8 nitrogen and oxygen atoms in total. The zero-order valence-corrected chi connectivity index (χ0v) is 22.0. The minimum atomic E-state index is -0.0482. The lowest BCUT2D eigenvalue weighted by Crippen LogP contribution is -2.37. The molecule has 0 amide bonds. The highest BCUT2D eigenvalue weighted by molar-refractivity contribution is 14.0. The van der Waals surface area contributed by atoms with E-state index in [0.717, 1.165) is 42.4 Å². The Kier molecular flexibility index (Phi) is 15.1. The molecule has 0 saturated carbocycles. The van der Waals surface area contributed by atoms with Crippen LogP contribution in [0.4, 0.5) is 0 Å². The fourth-order valence-corrected chi connectivity index (χ4v) is 2.88. The Bertz CT molecular complexity index is 818. The van der Waals surface area contributed by atoms with Crippen molar-refractivity contribution in [1.82, 2.24) is 10.6 Å². The van der Waals surface area contributed by atoms with Gasteiger partial charge in [0, 0.05) is 26.3 Å².